The number of hydrogen-bond acceptors (Lipinski definition) is 6. The lowest BCUT2D eigenvalue weighted by atomic mass is 10.1. The highest BCUT2D eigenvalue weighted by atomic mass is 35.5. The van der Waals surface area contributed by atoms with Crippen LogP contribution >= 0.6 is 11.6 Å². The van der Waals surface area contributed by atoms with E-state index in [9.17, 15) is 4.39 Å². The summed E-state index contributed by atoms with van der Waals surface area (Å²) in [5.41, 5.74) is 2.07. The van der Waals surface area contributed by atoms with Crippen molar-refractivity contribution >= 4 is 22.8 Å². The molecule has 1 aromatic carbocycles. The Hall–Kier alpha value is -2.91. The molecule has 0 spiro atoms. The number of benzene rings is 1. The molecular formula is C18H14ClFN7O. The second kappa shape index (κ2) is 6.92. The molecule has 0 amide bonds. The Morgan fingerprint density at radius 1 is 1.25 bits per heavy atom. The van der Waals surface area contributed by atoms with Gasteiger partial charge in [-0.3, -0.25) is 4.68 Å². The van der Waals surface area contributed by atoms with Crippen molar-refractivity contribution in [1.82, 2.24) is 34.7 Å². The molecule has 0 N–H and O–H groups in total. The monoisotopic (exact) mass is 398 g/mol. The Kier molecular flexibility index (Phi) is 4.25. The van der Waals surface area contributed by atoms with Crippen LogP contribution in [0.25, 0.3) is 28.4 Å². The number of fused-ring (bicyclic) bond motifs is 1. The van der Waals surface area contributed by atoms with Crippen molar-refractivity contribution in [3.8, 4) is 17.2 Å². The average Bonchev–Trinajstić information content (AvgIpc) is 3.38. The van der Waals surface area contributed by atoms with E-state index in [1.54, 1.807) is 12.3 Å². The maximum atomic E-state index is 13.5. The maximum Gasteiger partial charge on any atom is 0.187 e. The second-order valence-corrected chi connectivity index (χ2v) is 6.85. The van der Waals surface area contributed by atoms with Crippen molar-refractivity contribution in [2.75, 3.05) is 13.2 Å². The Balaban J connectivity index is 1.53. The minimum Gasteiger partial charge on any atom is -0.381 e. The smallest absolute Gasteiger partial charge is 0.187 e. The van der Waals surface area contributed by atoms with Crippen molar-refractivity contribution in [3.05, 3.63) is 47.5 Å². The highest BCUT2D eigenvalue weighted by Crippen LogP contribution is 2.24. The molecule has 1 saturated heterocycles. The zero-order valence-corrected chi connectivity index (χ0v) is 15.3. The molecule has 28 heavy (non-hydrogen) atoms. The van der Waals surface area contributed by atoms with Gasteiger partial charge in [0.25, 0.3) is 0 Å². The van der Waals surface area contributed by atoms with Gasteiger partial charge in [-0.2, -0.15) is 9.78 Å². The molecule has 0 atom stereocenters. The van der Waals surface area contributed by atoms with Gasteiger partial charge in [0.1, 0.15) is 11.5 Å². The molecule has 141 valence electrons. The summed E-state index contributed by atoms with van der Waals surface area (Å²) in [6.45, 7) is 1.46. The summed E-state index contributed by atoms with van der Waals surface area (Å²) >= 11 is 5.89. The third-order valence-electron chi connectivity index (χ3n) is 4.67. The lowest BCUT2D eigenvalue weighted by Gasteiger charge is -2.22. The highest BCUT2D eigenvalue weighted by molar-refractivity contribution is 6.30. The van der Waals surface area contributed by atoms with Crippen molar-refractivity contribution in [2.24, 2.45) is 0 Å². The molecule has 1 fully saturated rings. The van der Waals surface area contributed by atoms with Gasteiger partial charge in [0.2, 0.25) is 0 Å². The maximum absolute atomic E-state index is 13.5. The van der Waals surface area contributed by atoms with E-state index in [1.165, 1.54) is 16.8 Å². The molecule has 10 heteroatoms. The van der Waals surface area contributed by atoms with E-state index in [1.807, 2.05) is 10.9 Å². The molecule has 8 nitrogen and oxygen atoms in total. The van der Waals surface area contributed by atoms with Gasteiger partial charge in [-0.15, -0.1) is 5.10 Å². The number of rotatable bonds is 3. The first-order valence-electron chi connectivity index (χ1n) is 8.78. The van der Waals surface area contributed by atoms with Crippen LogP contribution in [0.2, 0.25) is 5.02 Å². The van der Waals surface area contributed by atoms with Crippen LogP contribution in [-0.4, -0.2) is 48.0 Å². The van der Waals surface area contributed by atoms with Crippen molar-refractivity contribution in [1.29, 1.82) is 0 Å². The minimum absolute atomic E-state index is 0.000956. The van der Waals surface area contributed by atoms with E-state index < -0.39 is 5.82 Å². The minimum atomic E-state index is -0.501. The van der Waals surface area contributed by atoms with Gasteiger partial charge in [-0.25, -0.2) is 14.4 Å². The second-order valence-electron chi connectivity index (χ2n) is 6.45. The van der Waals surface area contributed by atoms with E-state index in [0.717, 1.165) is 26.1 Å². The van der Waals surface area contributed by atoms with Crippen LogP contribution in [0.1, 0.15) is 18.9 Å². The molecular weight excluding hydrogens is 385 g/mol. The Morgan fingerprint density at radius 3 is 2.93 bits per heavy atom. The van der Waals surface area contributed by atoms with E-state index in [2.05, 4.69) is 31.4 Å². The van der Waals surface area contributed by atoms with Crippen LogP contribution in [0.5, 0.6) is 0 Å². The molecule has 4 aromatic rings. The summed E-state index contributed by atoms with van der Waals surface area (Å²) in [5, 5.41) is 12.7. The molecule has 0 bridgehead atoms. The lowest BCUT2D eigenvalue weighted by molar-refractivity contribution is 0.0663. The fourth-order valence-corrected chi connectivity index (χ4v) is 3.35. The lowest BCUT2D eigenvalue weighted by Crippen LogP contribution is -2.19. The largest absolute Gasteiger partial charge is 0.381 e. The van der Waals surface area contributed by atoms with Crippen LogP contribution in [0.4, 0.5) is 4.39 Å². The normalized spacial score (nSPS) is 15.4. The van der Waals surface area contributed by atoms with Crippen molar-refractivity contribution < 1.29 is 9.13 Å². The summed E-state index contributed by atoms with van der Waals surface area (Å²) < 4.78 is 22.2. The van der Waals surface area contributed by atoms with Crippen LogP contribution < -0.4 is 0 Å². The quantitative estimate of drug-likeness (QED) is 0.527. The fraction of sp³-hybridized carbons (Fsp3) is 0.278. The van der Waals surface area contributed by atoms with Gasteiger partial charge < -0.3 is 4.74 Å². The molecule has 1 aliphatic heterocycles. The standard InChI is InChI=1S/C18H14ClFN7O/c19-13-9-12(1-2-14(13)20)27-18-16(23-25-27)10-21-17(22-18)15-3-6-26(24-15)11-4-7-28-8-5-11/h1-2,6,9-11H,4-5,7-8H2. The molecule has 4 heterocycles. The zero-order chi connectivity index (χ0) is 19.1. The Bertz CT molecular complexity index is 1150. The number of halogens is 2. The summed E-state index contributed by atoms with van der Waals surface area (Å²) in [4.78, 5) is 8.88. The number of ether oxygens (including phenoxy) is 1. The van der Waals surface area contributed by atoms with Gasteiger partial charge in [0, 0.05) is 25.5 Å². The Morgan fingerprint density at radius 2 is 2.11 bits per heavy atom. The third kappa shape index (κ3) is 3.02. The molecule has 0 unspecified atom stereocenters. The molecule has 3 aromatic heterocycles. The topological polar surface area (TPSA) is 83.5 Å². The SMILES string of the molecule is Fc1ccc(-n2nnc3cnc(-c4[c]cn(C5CCOCC5)n4)nc32)cc1Cl. The first-order chi connectivity index (χ1) is 13.7. The Labute approximate surface area is 163 Å². The first kappa shape index (κ1) is 17.2. The van der Waals surface area contributed by atoms with Crippen LogP contribution in [0.15, 0.2) is 30.6 Å². The molecule has 1 radical (unpaired) electrons. The van der Waals surface area contributed by atoms with Gasteiger partial charge >= 0.3 is 0 Å². The van der Waals surface area contributed by atoms with Crippen molar-refractivity contribution in [3.63, 3.8) is 0 Å². The first-order valence-corrected chi connectivity index (χ1v) is 9.16. The molecule has 0 saturated carbocycles. The van der Waals surface area contributed by atoms with Crippen molar-refractivity contribution in [2.45, 2.75) is 18.9 Å². The highest BCUT2D eigenvalue weighted by Gasteiger charge is 2.19. The van der Waals surface area contributed by atoms with E-state index >= 15 is 0 Å². The van der Waals surface area contributed by atoms with Gasteiger partial charge in [0.15, 0.2) is 17.0 Å². The number of aromatic nitrogens is 7. The third-order valence-corrected chi connectivity index (χ3v) is 4.96. The van der Waals surface area contributed by atoms with Gasteiger partial charge in [0.05, 0.1) is 22.9 Å². The molecule has 1 aliphatic rings. The molecule has 5 rings (SSSR count). The predicted molar refractivity (Wildman–Crippen MR) is 98.6 cm³/mol. The summed E-state index contributed by atoms with van der Waals surface area (Å²) in [7, 11) is 0. The summed E-state index contributed by atoms with van der Waals surface area (Å²) in [6.07, 6.45) is 5.22. The van der Waals surface area contributed by atoms with Crippen LogP contribution in [-0.2, 0) is 4.74 Å². The van der Waals surface area contributed by atoms with Gasteiger partial charge in [-0.1, -0.05) is 16.8 Å². The van der Waals surface area contributed by atoms with Gasteiger partial charge in [-0.05, 0) is 31.0 Å². The average molecular weight is 399 g/mol. The number of hydrogen-bond donors (Lipinski definition) is 0. The van der Waals surface area contributed by atoms with Crippen LogP contribution in [0.3, 0.4) is 0 Å². The predicted octanol–water partition coefficient (Wildman–Crippen LogP) is 3.02. The van der Waals surface area contributed by atoms with Crippen LogP contribution in [0, 0.1) is 11.9 Å². The fourth-order valence-electron chi connectivity index (χ4n) is 3.18. The van der Waals surface area contributed by atoms with E-state index in [0.29, 0.717) is 28.4 Å². The summed E-state index contributed by atoms with van der Waals surface area (Å²) in [6, 6.07) is 7.71. The van der Waals surface area contributed by atoms with E-state index in [-0.39, 0.29) is 11.1 Å². The zero-order valence-electron chi connectivity index (χ0n) is 14.6. The molecule has 0 aliphatic carbocycles. The van der Waals surface area contributed by atoms with E-state index in [4.69, 9.17) is 16.3 Å². The number of nitrogens with zero attached hydrogens (tertiary/aromatic N) is 7. The summed E-state index contributed by atoms with van der Waals surface area (Å²) in [5.74, 6) is -0.0894.